The summed E-state index contributed by atoms with van der Waals surface area (Å²) in [5, 5.41) is 47.2. The van der Waals surface area contributed by atoms with Crippen LogP contribution in [0.4, 0.5) is 0 Å². The highest BCUT2D eigenvalue weighted by atomic mass is 31.2. The van der Waals surface area contributed by atoms with Crippen LogP contribution in [0.15, 0.2) is 84.9 Å². The second-order valence-corrected chi connectivity index (χ2v) is 14.0. The molecule has 32 heavy (non-hydrogen) atoms. The maximum atomic E-state index is 14.2. The van der Waals surface area contributed by atoms with Crippen LogP contribution in [-0.4, -0.2) is 43.8 Å². The van der Waals surface area contributed by atoms with Gasteiger partial charge in [-0.3, -0.25) is 0 Å². The number of aliphatic hydroxyl groups excluding tert-OH is 4. The molecule has 1 fully saturated rings. The van der Waals surface area contributed by atoms with Gasteiger partial charge in [-0.05, 0) is 21.5 Å². The number of aliphatic hydroxyl groups is 4. The van der Waals surface area contributed by atoms with E-state index in [1.54, 1.807) is 72.8 Å². The summed E-state index contributed by atoms with van der Waals surface area (Å²) >= 11 is 0. The summed E-state index contributed by atoms with van der Waals surface area (Å²) < 4.78 is 28.3. The zero-order valence-corrected chi connectivity index (χ0v) is 18.7. The van der Waals surface area contributed by atoms with Crippen molar-refractivity contribution >= 4 is 46.4 Å². The van der Waals surface area contributed by atoms with Gasteiger partial charge in [0.15, 0.2) is 14.3 Å². The van der Waals surface area contributed by atoms with Crippen LogP contribution in [0.1, 0.15) is 0 Å². The molecule has 4 N–H and O–H groups in total. The van der Waals surface area contributed by atoms with E-state index in [2.05, 4.69) is 0 Å². The first-order valence-electron chi connectivity index (χ1n) is 10.2. The maximum Gasteiger partial charge on any atom is 0.176 e. The molecular formula is C24H22O6P2. The smallest absolute Gasteiger partial charge is 0.176 e. The predicted molar refractivity (Wildman–Crippen MR) is 126 cm³/mol. The lowest BCUT2D eigenvalue weighted by molar-refractivity contribution is 0.0661. The van der Waals surface area contributed by atoms with Gasteiger partial charge in [0.05, 0.1) is 0 Å². The second kappa shape index (κ2) is 7.64. The van der Waals surface area contributed by atoms with Crippen molar-refractivity contribution in [2.24, 2.45) is 0 Å². The zero-order valence-electron chi connectivity index (χ0n) is 16.9. The average molecular weight is 468 g/mol. The van der Waals surface area contributed by atoms with Crippen LogP contribution in [0.5, 0.6) is 0 Å². The predicted octanol–water partition coefficient (Wildman–Crippen LogP) is 2.96. The third-order valence-electron chi connectivity index (χ3n) is 6.39. The van der Waals surface area contributed by atoms with Gasteiger partial charge in [-0.25, -0.2) is 0 Å². The maximum absolute atomic E-state index is 14.2. The van der Waals surface area contributed by atoms with Gasteiger partial charge in [0.2, 0.25) is 0 Å². The molecule has 4 aromatic carbocycles. The van der Waals surface area contributed by atoms with Crippen molar-refractivity contribution in [1.82, 2.24) is 0 Å². The standard InChI is InChI=1S/C24H22O6P2/c25-21-23(27)32(30,20-14-6-10-16-8-2-4-12-18(16)20)24(28)22(26)31(21,29)19-13-5-9-15-7-1-3-11-17(15)19/h1-14,21-28H. The summed E-state index contributed by atoms with van der Waals surface area (Å²) in [7, 11) is -8.46. The first kappa shape index (κ1) is 21.5. The Morgan fingerprint density at radius 1 is 0.469 bits per heavy atom. The van der Waals surface area contributed by atoms with E-state index in [-0.39, 0.29) is 10.6 Å². The Bertz CT molecular complexity index is 1290. The molecule has 0 radical (unpaired) electrons. The minimum absolute atomic E-state index is 0.137. The van der Waals surface area contributed by atoms with Gasteiger partial charge in [-0.15, -0.1) is 0 Å². The molecule has 0 saturated carbocycles. The molecule has 1 aliphatic rings. The summed E-state index contributed by atoms with van der Waals surface area (Å²) in [4.78, 5) is 0. The fourth-order valence-corrected chi connectivity index (χ4v) is 12.2. The van der Waals surface area contributed by atoms with Crippen LogP contribution in [0, 0.1) is 0 Å². The Labute approximate surface area is 184 Å². The van der Waals surface area contributed by atoms with Gasteiger partial charge in [0.25, 0.3) is 0 Å². The van der Waals surface area contributed by atoms with Crippen molar-refractivity contribution in [3.05, 3.63) is 84.9 Å². The van der Waals surface area contributed by atoms with Crippen molar-refractivity contribution in [3.8, 4) is 0 Å². The number of rotatable bonds is 2. The molecule has 6 nitrogen and oxygen atoms in total. The third kappa shape index (κ3) is 2.82. The highest BCUT2D eigenvalue weighted by Gasteiger charge is 2.63. The third-order valence-corrected chi connectivity index (χ3v) is 13.4. The monoisotopic (exact) mass is 468 g/mol. The van der Waals surface area contributed by atoms with E-state index < -0.39 is 37.7 Å². The van der Waals surface area contributed by atoms with Crippen LogP contribution in [0.2, 0.25) is 0 Å². The molecule has 5 rings (SSSR count). The summed E-state index contributed by atoms with van der Waals surface area (Å²) in [6.07, 6.45) is 0. The largest absolute Gasteiger partial charge is 0.382 e. The van der Waals surface area contributed by atoms with Crippen LogP contribution in [0.25, 0.3) is 21.5 Å². The van der Waals surface area contributed by atoms with E-state index in [1.165, 1.54) is 12.1 Å². The van der Waals surface area contributed by atoms with E-state index in [0.717, 1.165) is 10.8 Å². The van der Waals surface area contributed by atoms with Crippen LogP contribution in [0.3, 0.4) is 0 Å². The minimum atomic E-state index is -4.23. The van der Waals surface area contributed by atoms with Crippen molar-refractivity contribution in [2.75, 3.05) is 0 Å². The van der Waals surface area contributed by atoms with E-state index in [1.807, 2.05) is 0 Å². The van der Waals surface area contributed by atoms with E-state index >= 15 is 0 Å². The number of benzene rings is 4. The molecule has 0 amide bonds. The van der Waals surface area contributed by atoms with Gasteiger partial charge < -0.3 is 29.6 Å². The Kier molecular flexibility index (Phi) is 5.14. The lowest BCUT2D eigenvalue weighted by atomic mass is 10.1. The van der Waals surface area contributed by atoms with Crippen molar-refractivity contribution in [1.29, 1.82) is 0 Å². The minimum Gasteiger partial charge on any atom is -0.382 e. The average Bonchev–Trinajstić information content (AvgIpc) is 2.84. The lowest BCUT2D eigenvalue weighted by Gasteiger charge is -2.44. The Balaban J connectivity index is 1.72. The number of hydrogen-bond donors (Lipinski definition) is 4. The SMILES string of the molecule is O=P1(c2cccc3ccccc23)C(O)C(O)P(=O)(c2cccc3ccccc23)C(O)C1O. The lowest BCUT2D eigenvalue weighted by Crippen LogP contribution is -2.49. The van der Waals surface area contributed by atoms with Gasteiger partial charge in [0, 0.05) is 10.6 Å². The van der Waals surface area contributed by atoms with Gasteiger partial charge in [-0.2, -0.15) is 0 Å². The van der Waals surface area contributed by atoms with E-state index in [0.29, 0.717) is 10.8 Å². The van der Waals surface area contributed by atoms with E-state index in [9.17, 15) is 29.6 Å². The molecule has 8 heteroatoms. The quantitative estimate of drug-likeness (QED) is 0.337. The van der Waals surface area contributed by atoms with E-state index in [4.69, 9.17) is 0 Å². The molecule has 4 aromatic rings. The number of fused-ring (bicyclic) bond motifs is 2. The van der Waals surface area contributed by atoms with Crippen molar-refractivity contribution in [3.63, 3.8) is 0 Å². The Morgan fingerprint density at radius 3 is 1.16 bits per heavy atom. The fourth-order valence-electron chi connectivity index (χ4n) is 4.70. The molecule has 1 heterocycles. The zero-order chi connectivity index (χ0) is 22.7. The Morgan fingerprint density at radius 2 is 0.781 bits per heavy atom. The van der Waals surface area contributed by atoms with Crippen LogP contribution < -0.4 is 10.6 Å². The summed E-state index contributed by atoms with van der Waals surface area (Å²) in [6, 6.07) is 23.9. The summed E-state index contributed by atoms with van der Waals surface area (Å²) in [6.45, 7) is 0. The fraction of sp³-hybridized carbons (Fsp3) is 0.167. The van der Waals surface area contributed by atoms with Crippen LogP contribution in [-0.2, 0) is 9.13 Å². The molecule has 164 valence electrons. The second-order valence-electron chi connectivity index (χ2n) is 8.07. The van der Waals surface area contributed by atoms with Crippen molar-refractivity contribution in [2.45, 2.75) is 23.4 Å². The molecule has 0 bridgehead atoms. The molecule has 0 aromatic heterocycles. The van der Waals surface area contributed by atoms with Gasteiger partial charge in [-0.1, -0.05) is 84.9 Å². The highest BCUT2D eigenvalue weighted by Crippen LogP contribution is 2.71. The molecule has 0 spiro atoms. The molecule has 0 aliphatic carbocycles. The van der Waals surface area contributed by atoms with Gasteiger partial charge >= 0.3 is 0 Å². The molecule has 1 saturated heterocycles. The first-order chi connectivity index (χ1) is 15.3. The number of hydrogen-bond acceptors (Lipinski definition) is 6. The molecule has 4 atom stereocenters. The summed E-state index contributed by atoms with van der Waals surface area (Å²) in [5.74, 6) is -8.07. The van der Waals surface area contributed by atoms with Gasteiger partial charge in [0.1, 0.15) is 23.4 Å². The first-order valence-corrected chi connectivity index (χ1v) is 13.9. The summed E-state index contributed by atoms with van der Waals surface area (Å²) in [5.41, 5.74) is 0. The highest BCUT2D eigenvalue weighted by molar-refractivity contribution is 7.80. The molecular weight excluding hydrogens is 446 g/mol. The topological polar surface area (TPSA) is 115 Å². The molecule has 4 unspecified atom stereocenters. The normalized spacial score (nSPS) is 32.9. The van der Waals surface area contributed by atoms with Crippen molar-refractivity contribution < 1.29 is 29.6 Å². The van der Waals surface area contributed by atoms with Crippen LogP contribution >= 0.6 is 14.3 Å². The molecule has 1 aliphatic heterocycles. The Hall–Kier alpha value is -2.30.